The second-order valence-corrected chi connectivity index (χ2v) is 9.33. The molecule has 2 rings (SSSR count). The lowest BCUT2D eigenvalue weighted by molar-refractivity contribution is 0.224. The summed E-state index contributed by atoms with van der Waals surface area (Å²) >= 11 is 0. The van der Waals surface area contributed by atoms with Gasteiger partial charge < -0.3 is 9.16 Å². The lowest BCUT2D eigenvalue weighted by Crippen LogP contribution is -2.60. The second kappa shape index (κ2) is 10.7. The molecule has 0 saturated carbocycles. The Morgan fingerprint density at radius 1 is 0.923 bits per heavy atom. The van der Waals surface area contributed by atoms with Crippen LogP contribution in [-0.2, 0) is 9.16 Å². The lowest BCUT2D eigenvalue weighted by Gasteiger charge is -2.30. The number of ether oxygens (including phenoxy) is 1. The van der Waals surface area contributed by atoms with Crippen LogP contribution in [0.25, 0.3) is 0 Å². The van der Waals surface area contributed by atoms with E-state index in [2.05, 4.69) is 67.4 Å². The Hall–Kier alpha value is -2.20. The first-order valence-corrected chi connectivity index (χ1v) is 10.9. The fraction of sp³-hybridized carbons (Fsp3) is 0.217. The van der Waals surface area contributed by atoms with Crippen molar-refractivity contribution in [3.63, 3.8) is 0 Å². The predicted molar refractivity (Wildman–Crippen MR) is 113 cm³/mol. The molecule has 2 aromatic carbocycles. The first kappa shape index (κ1) is 20.1. The first-order valence-electron chi connectivity index (χ1n) is 8.93. The summed E-state index contributed by atoms with van der Waals surface area (Å²) in [5.74, 6) is 0. The largest absolute Gasteiger partial charge is 0.404 e. The van der Waals surface area contributed by atoms with E-state index in [0.717, 1.165) is 12.8 Å². The standard InChI is InChI=1S/C23H28O2Si/c1-4-6-18-25-26(22-14-9-7-10-15-22,23-16-11-8-12-17-23)20-21(13-5-2)19-24-3/h4-5,7-12,14-17,20H,1-2,6,13,18-19H2,3H3/b21-20-. The Kier molecular flexibility index (Phi) is 8.29. The Balaban J connectivity index is 2.64. The maximum atomic E-state index is 6.67. The summed E-state index contributed by atoms with van der Waals surface area (Å²) in [6.45, 7) is 8.95. The van der Waals surface area contributed by atoms with Crippen molar-refractivity contribution in [2.75, 3.05) is 20.3 Å². The summed E-state index contributed by atoms with van der Waals surface area (Å²) < 4.78 is 12.1. The molecular formula is C23H28O2Si. The van der Waals surface area contributed by atoms with E-state index in [9.17, 15) is 0 Å². The van der Waals surface area contributed by atoms with Crippen LogP contribution in [0.15, 0.2) is 97.2 Å². The Labute approximate surface area is 158 Å². The molecule has 136 valence electrons. The molecule has 0 aliphatic heterocycles. The molecule has 0 atom stereocenters. The van der Waals surface area contributed by atoms with Crippen LogP contribution < -0.4 is 10.4 Å². The van der Waals surface area contributed by atoms with E-state index in [-0.39, 0.29) is 0 Å². The first-order chi connectivity index (χ1) is 12.8. The Morgan fingerprint density at radius 3 is 1.96 bits per heavy atom. The van der Waals surface area contributed by atoms with Gasteiger partial charge in [0.15, 0.2) is 0 Å². The van der Waals surface area contributed by atoms with Crippen LogP contribution >= 0.6 is 0 Å². The van der Waals surface area contributed by atoms with Crippen LogP contribution in [0.2, 0.25) is 0 Å². The molecule has 0 aliphatic carbocycles. The molecule has 0 radical (unpaired) electrons. The van der Waals surface area contributed by atoms with Crippen molar-refractivity contribution in [3.8, 4) is 0 Å². The van der Waals surface area contributed by atoms with E-state index in [1.165, 1.54) is 15.9 Å². The highest BCUT2D eigenvalue weighted by Gasteiger charge is 2.37. The Morgan fingerprint density at radius 2 is 1.50 bits per heavy atom. The highest BCUT2D eigenvalue weighted by molar-refractivity contribution is 7.01. The molecule has 2 aromatic rings. The third-order valence-electron chi connectivity index (χ3n) is 4.20. The Bertz CT molecular complexity index is 668. The molecule has 0 N–H and O–H groups in total. The summed E-state index contributed by atoms with van der Waals surface area (Å²) in [7, 11) is -0.834. The minimum atomic E-state index is -2.56. The monoisotopic (exact) mass is 364 g/mol. The number of methoxy groups -OCH3 is 1. The van der Waals surface area contributed by atoms with E-state index >= 15 is 0 Å². The van der Waals surface area contributed by atoms with Gasteiger partial charge in [-0.15, -0.1) is 13.2 Å². The van der Waals surface area contributed by atoms with Crippen molar-refractivity contribution < 1.29 is 9.16 Å². The van der Waals surface area contributed by atoms with Crippen LogP contribution in [0, 0.1) is 0 Å². The van der Waals surface area contributed by atoms with E-state index < -0.39 is 8.32 Å². The van der Waals surface area contributed by atoms with Crippen LogP contribution in [-0.4, -0.2) is 28.6 Å². The molecule has 3 heteroatoms. The lowest BCUT2D eigenvalue weighted by atomic mass is 10.2. The number of benzene rings is 2. The zero-order valence-corrected chi connectivity index (χ0v) is 16.6. The van der Waals surface area contributed by atoms with Gasteiger partial charge in [-0.3, -0.25) is 0 Å². The third-order valence-corrected chi connectivity index (χ3v) is 8.06. The van der Waals surface area contributed by atoms with E-state index in [1.807, 2.05) is 24.3 Å². The zero-order valence-electron chi connectivity index (χ0n) is 15.6. The van der Waals surface area contributed by atoms with Gasteiger partial charge >= 0.3 is 0 Å². The normalized spacial score (nSPS) is 12.0. The molecule has 2 nitrogen and oxygen atoms in total. The van der Waals surface area contributed by atoms with Crippen molar-refractivity contribution in [2.45, 2.75) is 12.8 Å². The second-order valence-electron chi connectivity index (χ2n) is 6.12. The summed E-state index contributed by atoms with van der Waals surface area (Å²) in [5, 5.41) is 2.46. The van der Waals surface area contributed by atoms with Gasteiger partial charge in [0.05, 0.1) is 6.61 Å². The molecule has 0 aliphatic rings. The van der Waals surface area contributed by atoms with Crippen molar-refractivity contribution >= 4 is 18.7 Å². The van der Waals surface area contributed by atoms with Crippen molar-refractivity contribution in [1.29, 1.82) is 0 Å². The summed E-state index contributed by atoms with van der Waals surface area (Å²) in [4.78, 5) is 0. The van der Waals surface area contributed by atoms with Crippen LogP contribution in [0.5, 0.6) is 0 Å². The molecule has 0 aromatic heterocycles. The molecule has 0 spiro atoms. The fourth-order valence-corrected chi connectivity index (χ4v) is 6.71. The zero-order chi connectivity index (χ0) is 18.7. The predicted octanol–water partition coefficient (Wildman–Crippen LogP) is 4.03. The fourth-order valence-electron chi connectivity index (χ4n) is 3.03. The van der Waals surface area contributed by atoms with Gasteiger partial charge in [-0.05, 0) is 28.8 Å². The molecular weight excluding hydrogens is 336 g/mol. The molecule has 0 saturated heterocycles. The highest BCUT2D eigenvalue weighted by atomic mass is 28.4. The van der Waals surface area contributed by atoms with Gasteiger partial charge in [-0.2, -0.15) is 0 Å². The number of hydrogen-bond donors (Lipinski definition) is 0. The van der Waals surface area contributed by atoms with Gasteiger partial charge in [0.1, 0.15) is 0 Å². The molecule has 0 fully saturated rings. The number of rotatable bonds is 11. The van der Waals surface area contributed by atoms with E-state index in [4.69, 9.17) is 9.16 Å². The number of hydrogen-bond acceptors (Lipinski definition) is 2. The minimum Gasteiger partial charge on any atom is -0.404 e. The smallest absolute Gasteiger partial charge is 0.280 e. The van der Waals surface area contributed by atoms with Gasteiger partial charge in [0.25, 0.3) is 8.32 Å². The van der Waals surface area contributed by atoms with Crippen molar-refractivity contribution in [2.24, 2.45) is 0 Å². The molecule has 0 unspecified atom stereocenters. The van der Waals surface area contributed by atoms with Crippen molar-refractivity contribution in [3.05, 3.63) is 97.2 Å². The van der Waals surface area contributed by atoms with Crippen LogP contribution in [0.3, 0.4) is 0 Å². The van der Waals surface area contributed by atoms with Crippen LogP contribution in [0.1, 0.15) is 12.8 Å². The topological polar surface area (TPSA) is 18.5 Å². The quantitative estimate of drug-likeness (QED) is 0.340. The van der Waals surface area contributed by atoms with E-state index in [0.29, 0.717) is 13.2 Å². The SMILES string of the molecule is C=CCCO[Si](/C=C(/CC=C)COC)(c1ccccc1)c1ccccc1. The molecule has 0 heterocycles. The van der Waals surface area contributed by atoms with Gasteiger partial charge in [-0.1, -0.05) is 78.5 Å². The molecule has 0 bridgehead atoms. The van der Waals surface area contributed by atoms with Gasteiger partial charge in [0.2, 0.25) is 0 Å². The van der Waals surface area contributed by atoms with Crippen molar-refractivity contribution in [1.82, 2.24) is 0 Å². The average molecular weight is 365 g/mol. The summed E-state index contributed by atoms with van der Waals surface area (Å²) in [5.41, 5.74) is 3.52. The molecule has 0 amide bonds. The molecule has 26 heavy (non-hydrogen) atoms. The van der Waals surface area contributed by atoms with Gasteiger partial charge in [-0.25, -0.2) is 0 Å². The van der Waals surface area contributed by atoms with E-state index in [1.54, 1.807) is 7.11 Å². The minimum absolute atomic E-state index is 0.575. The third kappa shape index (κ3) is 5.15. The maximum absolute atomic E-state index is 6.67. The number of allylic oxidation sites excluding steroid dienone is 1. The van der Waals surface area contributed by atoms with Gasteiger partial charge in [0, 0.05) is 13.7 Å². The maximum Gasteiger partial charge on any atom is 0.280 e. The summed E-state index contributed by atoms with van der Waals surface area (Å²) in [6, 6.07) is 21.1. The average Bonchev–Trinajstić information content (AvgIpc) is 2.69. The highest BCUT2D eigenvalue weighted by Crippen LogP contribution is 2.16. The summed E-state index contributed by atoms with van der Waals surface area (Å²) in [6.07, 6.45) is 5.43. The van der Waals surface area contributed by atoms with Crippen LogP contribution in [0.4, 0.5) is 0 Å².